The van der Waals surface area contributed by atoms with Crippen molar-refractivity contribution in [1.82, 2.24) is 5.32 Å². The zero-order valence-electron chi connectivity index (χ0n) is 17.8. The first-order chi connectivity index (χ1) is 13.9. The molecule has 156 valence electrons. The monoisotopic (exact) mass is 397 g/mol. The number of carbonyl (C=O) groups excluding carboxylic acids is 2. The Morgan fingerprint density at radius 2 is 2.00 bits per heavy atom. The van der Waals surface area contributed by atoms with Gasteiger partial charge in [0.25, 0.3) is 0 Å². The number of carbonyl (C=O) groups is 2. The number of unbranched alkanes of at least 4 members (excludes halogenated alkanes) is 1. The van der Waals surface area contributed by atoms with Gasteiger partial charge >= 0.3 is 5.97 Å². The summed E-state index contributed by atoms with van der Waals surface area (Å²) in [6.07, 6.45) is 3.88. The Bertz CT molecular complexity index is 850. The Labute approximate surface area is 173 Å². The number of para-hydroxylation sites is 1. The van der Waals surface area contributed by atoms with Crippen LogP contribution in [0.25, 0.3) is 0 Å². The first kappa shape index (κ1) is 21.2. The van der Waals surface area contributed by atoms with Crippen LogP contribution in [0.1, 0.15) is 71.3 Å². The highest BCUT2D eigenvalue weighted by atomic mass is 16.5. The van der Waals surface area contributed by atoms with Crippen LogP contribution >= 0.6 is 0 Å². The fourth-order valence-corrected chi connectivity index (χ4v) is 4.03. The molecule has 0 saturated carbocycles. The molecule has 0 spiro atoms. The molecular formula is C24H31NO4. The van der Waals surface area contributed by atoms with E-state index >= 15 is 0 Å². The number of rotatable bonds is 7. The van der Waals surface area contributed by atoms with Gasteiger partial charge in [0, 0.05) is 29.0 Å². The van der Waals surface area contributed by atoms with Gasteiger partial charge < -0.3 is 14.8 Å². The lowest BCUT2D eigenvalue weighted by Crippen LogP contribution is -2.34. The number of hydrogen-bond acceptors (Lipinski definition) is 5. The number of allylic oxidation sites excluding steroid dienone is 3. The van der Waals surface area contributed by atoms with Crippen molar-refractivity contribution in [3.05, 3.63) is 52.4 Å². The van der Waals surface area contributed by atoms with Gasteiger partial charge in [-0.3, -0.25) is 4.79 Å². The highest BCUT2D eigenvalue weighted by molar-refractivity contribution is 6.04. The van der Waals surface area contributed by atoms with E-state index < -0.39 is 5.92 Å². The highest BCUT2D eigenvalue weighted by Crippen LogP contribution is 2.45. The van der Waals surface area contributed by atoms with Gasteiger partial charge in [0.05, 0.1) is 24.2 Å². The Morgan fingerprint density at radius 1 is 1.24 bits per heavy atom. The quantitative estimate of drug-likeness (QED) is 0.530. The Morgan fingerprint density at radius 3 is 2.72 bits per heavy atom. The smallest absolute Gasteiger partial charge is 0.336 e. The lowest BCUT2D eigenvalue weighted by molar-refractivity contribution is -0.139. The number of benzene rings is 1. The lowest BCUT2D eigenvalue weighted by atomic mass is 9.75. The molecule has 29 heavy (non-hydrogen) atoms. The van der Waals surface area contributed by atoms with Gasteiger partial charge in [-0.1, -0.05) is 31.5 Å². The molecule has 0 amide bonds. The molecule has 0 bridgehead atoms. The van der Waals surface area contributed by atoms with E-state index in [1.54, 1.807) is 0 Å². The average Bonchev–Trinajstić information content (AvgIpc) is 2.67. The molecule has 2 aliphatic rings. The van der Waals surface area contributed by atoms with Crippen LogP contribution in [0.15, 0.2) is 46.8 Å². The van der Waals surface area contributed by atoms with Crippen LogP contribution in [0.5, 0.6) is 5.75 Å². The summed E-state index contributed by atoms with van der Waals surface area (Å²) in [6, 6.07) is 7.69. The van der Waals surface area contributed by atoms with Gasteiger partial charge in [0.1, 0.15) is 5.75 Å². The van der Waals surface area contributed by atoms with Crippen molar-refractivity contribution < 1.29 is 19.1 Å². The van der Waals surface area contributed by atoms with Crippen molar-refractivity contribution in [1.29, 1.82) is 0 Å². The second-order valence-electron chi connectivity index (χ2n) is 7.96. The normalized spacial score (nSPS) is 19.2. The van der Waals surface area contributed by atoms with Crippen LogP contribution in [-0.4, -0.2) is 24.5 Å². The number of Topliss-reactive ketones (excluding diaryl/α,β-unsaturated/α-hetero) is 1. The third kappa shape index (κ3) is 4.55. The van der Waals surface area contributed by atoms with Gasteiger partial charge in [0.2, 0.25) is 0 Å². The third-order valence-corrected chi connectivity index (χ3v) is 5.32. The largest absolute Gasteiger partial charge is 0.491 e. The molecule has 1 aromatic rings. The topological polar surface area (TPSA) is 64.6 Å². The van der Waals surface area contributed by atoms with Crippen molar-refractivity contribution in [2.45, 2.75) is 71.8 Å². The minimum absolute atomic E-state index is 0.0154. The van der Waals surface area contributed by atoms with Crippen molar-refractivity contribution in [2.75, 3.05) is 6.61 Å². The minimum atomic E-state index is -0.469. The van der Waals surface area contributed by atoms with Crippen LogP contribution < -0.4 is 10.1 Å². The predicted octanol–water partition coefficient (Wildman–Crippen LogP) is 4.79. The summed E-state index contributed by atoms with van der Waals surface area (Å²) in [6.45, 7) is 8.26. The third-order valence-electron chi connectivity index (χ3n) is 5.32. The second kappa shape index (κ2) is 9.29. The molecule has 1 aromatic carbocycles. The zero-order chi connectivity index (χ0) is 21.0. The molecular weight excluding hydrogens is 366 g/mol. The second-order valence-corrected chi connectivity index (χ2v) is 7.96. The van der Waals surface area contributed by atoms with E-state index in [1.807, 2.05) is 45.0 Å². The van der Waals surface area contributed by atoms with Gasteiger partial charge in [0.15, 0.2) is 5.78 Å². The number of ketones is 1. The number of ether oxygens (including phenoxy) is 2. The van der Waals surface area contributed by atoms with Crippen LogP contribution in [0.4, 0.5) is 0 Å². The maximum Gasteiger partial charge on any atom is 0.336 e. The fourth-order valence-electron chi connectivity index (χ4n) is 4.03. The summed E-state index contributed by atoms with van der Waals surface area (Å²) in [4.78, 5) is 26.1. The summed E-state index contributed by atoms with van der Waals surface area (Å²) >= 11 is 0. The summed E-state index contributed by atoms with van der Waals surface area (Å²) in [5, 5.41) is 3.33. The summed E-state index contributed by atoms with van der Waals surface area (Å²) in [7, 11) is 0. The standard InChI is InChI=1S/C24H31NO4/c1-5-6-14-28-24(27)21-16(4)25-18-11-9-12-19(26)23(18)22(21)17-10-7-8-13-20(17)29-15(2)3/h7-8,10,13,15,22,25H,5-6,9,11-12,14H2,1-4H3/t22-/m0/s1. The van der Waals surface area contributed by atoms with Gasteiger partial charge in [-0.2, -0.15) is 0 Å². The van der Waals surface area contributed by atoms with Crippen molar-refractivity contribution in [3.63, 3.8) is 0 Å². The summed E-state index contributed by atoms with van der Waals surface area (Å²) in [5.74, 6) is -0.0402. The highest BCUT2D eigenvalue weighted by Gasteiger charge is 2.40. The van der Waals surface area contributed by atoms with Gasteiger partial charge in [-0.15, -0.1) is 0 Å². The molecule has 1 aliphatic heterocycles. The van der Waals surface area contributed by atoms with Crippen molar-refractivity contribution >= 4 is 11.8 Å². The zero-order valence-corrected chi connectivity index (χ0v) is 17.8. The molecule has 1 N–H and O–H groups in total. The fraction of sp³-hybridized carbons (Fsp3) is 0.500. The van der Waals surface area contributed by atoms with Crippen molar-refractivity contribution in [3.8, 4) is 5.75 Å². The minimum Gasteiger partial charge on any atom is -0.491 e. The number of esters is 1. The van der Waals surface area contributed by atoms with E-state index in [0.717, 1.165) is 42.6 Å². The molecule has 5 nitrogen and oxygen atoms in total. The van der Waals surface area contributed by atoms with E-state index in [9.17, 15) is 9.59 Å². The maximum absolute atomic E-state index is 13.1. The molecule has 1 aliphatic carbocycles. The Kier molecular flexibility index (Phi) is 6.78. The Hall–Kier alpha value is -2.56. The van der Waals surface area contributed by atoms with Crippen molar-refractivity contribution in [2.24, 2.45) is 0 Å². The lowest BCUT2D eigenvalue weighted by Gasteiger charge is -2.35. The van der Waals surface area contributed by atoms with Gasteiger partial charge in [-0.05, 0) is 46.1 Å². The number of dihydropyridines is 1. The van der Waals surface area contributed by atoms with Gasteiger partial charge in [-0.25, -0.2) is 4.79 Å². The van der Waals surface area contributed by atoms with Crippen LogP contribution in [0.3, 0.4) is 0 Å². The van der Waals surface area contributed by atoms with E-state index in [-0.39, 0.29) is 17.9 Å². The van der Waals surface area contributed by atoms with E-state index in [4.69, 9.17) is 9.47 Å². The Balaban J connectivity index is 2.11. The first-order valence-electron chi connectivity index (χ1n) is 10.6. The molecule has 1 heterocycles. The summed E-state index contributed by atoms with van der Waals surface area (Å²) in [5.41, 5.74) is 3.71. The molecule has 0 unspecified atom stereocenters. The van der Waals surface area contributed by atoms with E-state index in [1.165, 1.54) is 0 Å². The molecule has 5 heteroatoms. The molecule has 0 fully saturated rings. The predicted molar refractivity (Wildman–Crippen MR) is 113 cm³/mol. The molecule has 0 aromatic heterocycles. The first-order valence-corrected chi connectivity index (χ1v) is 10.6. The number of hydrogen-bond donors (Lipinski definition) is 1. The maximum atomic E-state index is 13.1. The number of nitrogens with one attached hydrogen (secondary N) is 1. The van der Waals surface area contributed by atoms with E-state index in [2.05, 4.69) is 12.2 Å². The SMILES string of the molecule is CCCCOC(=O)C1=C(C)NC2=C(C(=O)CCC2)[C@H]1c1ccccc1OC(C)C. The molecule has 0 saturated heterocycles. The average molecular weight is 398 g/mol. The van der Waals surface area contributed by atoms with E-state index in [0.29, 0.717) is 29.9 Å². The molecule has 3 rings (SSSR count). The van der Waals surface area contributed by atoms with Crippen LogP contribution in [0, 0.1) is 0 Å². The molecule has 0 radical (unpaired) electrons. The molecule has 1 atom stereocenters. The van der Waals surface area contributed by atoms with Crippen LogP contribution in [0.2, 0.25) is 0 Å². The van der Waals surface area contributed by atoms with Crippen LogP contribution in [-0.2, 0) is 14.3 Å². The summed E-state index contributed by atoms with van der Waals surface area (Å²) < 4.78 is 11.6.